The Bertz CT molecular complexity index is 914. The number of carbonyl (C=O) groups excluding carboxylic acids is 2. The molecule has 2 aromatic rings. The predicted molar refractivity (Wildman–Crippen MR) is 109 cm³/mol. The van der Waals surface area contributed by atoms with Crippen LogP contribution in [-0.4, -0.2) is 27.4 Å². The molecule has 0 bridgehead atoms. The van der Waals surface area contributed by atoms with E-state index in [9.17, 15) is 9.59 Å². The van der Waals surface area contributed by atoms with Gasteiger partial charge in [-0.25, -0.2) is 9.78 Å². The van der Waals surface area contributed by atoms with Crippen LogP contribution in [0.5, 0.6) is 0 Å². The maximum atomic E-state index is 13.2. The first kappa shape index (κ1) is 17.9. The van der Waals surface area contributed by atoms with Gasteiger partial charge in [0.25, 0.3) is 5.91 Å². The number of nitrogens with one attached hydrogen (secondary N) is 1. The number of imide groups is 1. The Labute approximate surface area is 169 Å². The number of hydrogen-bond donors (Lipinski definition) is 1. The molecule has 0 radical (unpaired) electrons. The van der Waals surface area contributed by atoms with E-state index in [0.29, 0.717) is 24.3 Å². The molecule has 1 aromatic heterocycles. The van der Waals surface area contributed by atoms with Crippen LogP contribution in [0.2, 0.25) is 0 Å². The van der Waals surface area contributed by atoms with Gasteiger partial charge in [-0.3, -0.25) is 9.69 Å². The minimum Gasteiger partial charge on any atom is -0.323 e. The number of thiazole rings is 1. The second kappa shape index (κ2) is 6.41. The normalized spacial score (nSPS) is 21.5. The summed E-state index contributed by atoms with van der Waals surface area (Å²) in [5.74, 6) is 1.15. The van der Waals surface area contributed by atoms with Crippen LogP contribution < -0.4 is 5.32 Å². The fourth-order valence-corrected chi connectivity index (χ4v) is 5.31. The van der Waals surface area contributed by atoms with Gasteiger partial charge in [-0.1, -0.05) is 38.1 Å². The molecule has 0 atom stereocenters. The van der Waals surface area contributed by atoms with E-state index in [-0.39, 0.29) is 11.9 Å². The number of benzene rings is 1. The van der Waals surface area contributed by atoms with Gasteiger partial charge in [0.15, 0.2) is 0 Å². The summed E-state index contributed by atoms with van der Waals surface area (Å²) in [6, 6.07) is 8.23. The average Bonchev–Trinajstić information content (AvgIpc) is 3.61. The molecule has 3 fully saturated rings. The number of hydrogen-bond acceptors (Lipinski definition) is 4. The molecule has 1 saturated heterocycles. The van der Waals surface area contributed by atoms with Crippen LogP contribution in [0, 0.1) is 11.8 Å². The molecule has 2 saturated carbocycles. The molecule has 146 valence electrons. The van der Waals surface area contributed by atoms with Crippen molar-refractivity contribution in [3.05, 3.63) is 40.9 Å². The summed E-state index contributed by atoms with van der Waals surface area (Å²) in [7, 11) is 0. The van der Waals surface area contributed by atoms with Crippen molar-refractivity contribution in [2.45, 2.75) is 57.5 Å². The van der Waals surface area contributed by atoms with Gasteiger partial charge >= 0.3 is 6.03 Å². The summed E-state index contributed by atoms with van der Waals surface area (Å²) >= 11 is 1.55. The number of aromatic nitrogens is 1. The maximum Gasteiger partial charge on any atom is 0.325 e. The molecule has 2 aliphatic carbocycles. The lowest BCUT2D eigenvalue weighted by atomic mass is 9.87. The van der Waals surface area contributed by atoms with E-state index >= 15 is 0 Å². The third-order valence-corrected chi connectivity index (χ3v) is 7.32. The summed E-state index contributed by atoms with van der Waals surface area (Å²) in [4.78, 5) is 32.7. The fraction of sp³-hybridized carbons (Fsp3) is 0.500. The van der Waals surface area contributed by atoms with Crippen molar-refractivity contribution < 1.29 is 9.59 Å². The molecule has 1 aliphatic heterocycles. The van der Waals surface area contributed by atoms with Gasteiger partial charge < -0.3 is 5.32 Å². The second-order valence-electron chi connectivity index (χ2n) is 8.65. The van der Waals surface area contributed by atoms with Gasteiger partial charge in [0.05, 0.1) is 6.54 Å². The van der Waals surface area contributed by atoms with Crippen molar-refractivity contribution in [1.82, 2.24) is 15.2 Å². The first-order chi connectivity index (χ1) is 13.5. The minimum absolute atomic E-state index is 0.0151. The minimum atomic E-state index is -0.614. The Balaban J connectivity index is 1.34. The third kappa shape index (κ3) is 2.85. The Kier molecular flexibility index (Phi) is 4.09. The van der Waals surface area contributed by atoms with Crippen LogP contribution in [0.4, 0.5) is 4.79 Å². The van der Waals surface area contributed by atoms with E-state index < -0.39 is 5.54 Å². The number of amides is 3. The average molecular weight is 396 g/mol. The molecule has 0 unspecified atom stereocenters. The smallest absolute Gasteiger partial charge is 0.323 e. The second-order valence-corrected chi connectivity index (χ2v) is 9.76. The SMILES string of the molecule is CC(C)c1ccc(-c2ncc(CN3C(=O)NC(C4CC4)(C4CC4)C3=O)s2)cc1. The molecule has 28 heavy (non-hydrogen) atoms. The van der Waals surface area contributed by atoms with Crippen LogP contribution in [0.25, 0.3) is 10.6 Å². The number of rotatable bonds is 6. The lowest BCUT2D eigenvalue weighted by Gasteiger charge is -2.26. The van der Waals surface area contributed by atoms with E-state index in [1.807, 2.05) is 0 Å². The van der Waals surface area contributed by atoms with Gasteiger partial charge in [-0.2, -0.15) is 0 Å². The fourth-order valence-electron chi connectivity index (χ4n) is 4.40. The topological polar surface area (TPSA) is 62.3 Å². The summed E-state index contributed by atoms with van der Waals surface area (Å²) in [6.07, 6.45) is 5.99. The lowest BCUT2D eigenvalue weighted by Crippen LogP contribution is -2.51. The maximum absolute atomic E-state index is 13.2. The van der Waals surface area contributed by atoms with E-state index in [2.05, 4.69) is 48.4 Å². The van der Waals surface area contributed by atoms with E-state index in [0.717, 1.165) is 41.1 Å². The molecular formula is C22H25N3O2S. The number of urea groups is 1. The summed E-state index contributed by atoms with van der Waals surface area (Å²) in [6.45, 7) is 4.67. The van der Waals surface area contributed by atoms with Gasteiger partial charge in [0.1, 0.15) is 10.5 Å². The van der Waals surface area contributed by atoms with Crippen LogP contribution >= 0.6 is 11.3 Å². The van der Waals surface area contributed by atoms with Crippen molar-refractivity contribution >= 4 is 23.3 Å². The molecule has 5 rings (SSSR count). The number of carbonyl (C=O) groups is 2. The van der Waals surface area contributed by atoms with Gasteiger partial charge in [-0.15, -0.1) is 11.3 Å². The van der Waals surface area contributed by atoms with Crippen LogP contribution in [0.3, 0.4) is 0 Å². The Hall–Kier alpha value is -2.21. The standard InChI is InChI=1S/C22H25N3O2S/c1-13(2)14-3-5-15(6-4-14)19-23-11-18(28-19)12-25-20(26)22(16-7-8-16,17-9-10-17)24-21(25)27/h3-6,11,13,16-17H,7-10,12H2,1-2H3,(H,24,27). The molecular weight excluding hydrogens is 370 g/mol. The summed E-state index contributed by atoms with van der Waals surface area (Å²) in [5.41, 5.74) is 1.76. The van der Waals surface area contributed by atoms with Gasteiger partial charge in [0, 0.05) is 16.6 Å². The van der Waals surface area contributed by atoms with Crippen LogP contribution in [0.15, 0.2) is 30.5 Å². The Morgan fingerprint density at radius 3 is 2.36 bits per heavy atom. The summed E-state index contributed by atoms with van der Waals surface area (Å²) in [5, 5.41) is 4.01. The highest BCUT2D eigenvalue weighted by Gasteiger charge is 2.65. The zero-order chi connectivity index (χ0) is 19.5. The molecule has 3 aliphatic rings. The Morgan fingerprint density at radius 2 is 1.79 bits per heavy atom. The Morgan fingerprint density at radius 1 is 1.14 bits per heavy atom. The first-order valence-corrected chi connectivity index (χ1v) is 11.0. The molecule has 1 aromatic carbocycles. The monoisotopic (exact) mass is 395 g/mol. The van der Waals surface area contributed by atoms with E-state index in [1.54, 1.807) is 17.5 Å². The molecule has 2 heterocycles. The highest BCUT2D eigenvalue weighted by atomic mass is 32.1. The van der Waals surface area contributed by atoms with Gasteiger partial charge in [0.2, 0.25) is 0 Å². The summed E-state index contributed by atoms with van der Waals surface area (Å²) < 4.78 is 0. The van der Waals surface area contributed by atoms with Crippen molar-refractivity contribution in [2.24, 2.45) is 11.8 Å². The molecule has 0 spiro atoms. The molecule has 3 amide bonds. The number of nitrogens with zero attached hydrogens (tertiary/aromatic N) is 2. The largest absolute Gasteiger partial charge is 0.325 e. The van der Waals surface area contributed by atoms with Crippen LogP contribution in [-0.2, 0) is 11.3 Å². The quantitative estimate of drug-likeness (QED) is 0.730. The van der Waals surface area contributed by atoms with Crippen molar-refractivity contribution in [2.75, 3.05) is 0 Å². The van der Waals surface area contributed by atoms with Crippen molar-refractivity contribution in [3.8, 4) is 10.6 Å². The molecule has 5 nitrogen and oxygen atoms in total. The molecule has 1 N–H and O–H groups in total. The van der Waals surface area contributed by atoms with Crippen LogP contribution in [0.1, 0.15) is 55.9 Å². The van der Waals surface area contributed by atoms with Gasteiger partial charge in [-0.05, 0) is 49.0 Å². The molecule has 6 heteroatoms. The van der Waals surface area contributed by atoms with Crippen molar-refractivity contribution in [1.29, 1.82) is 0 Å². The van der Waals surface area contributed by atoms with E-state index in [4.69, 9.17) is 0 Å². The first-order valence-electron chi connectivity index (χ1n) is 10.2. The van der Waals surface area contributed by atoms with E-state index in [1.165, 1.54) is 10.5 Å². The highest BCUT2D eigenvalue weighted by Crippen LogP contribution is 2.54. The predicted octanol–water partition coefficient (Wildman–Crippen LogP) is 4.54. The third-order valence-electron chi connectivity index (χ3n) is 6.29. The lowest BCUT2D eigenvalue weighted by molar-refractivity contribution is -0.133. The zero-order valence-corrected chi connectivity index (χ0v) is 17.1. The van der Waals surface area contributed by atoms with Crippen molar-refractivity contribution in [3.63, 3.8) is 0 Å². The zero-order valence-electron chi connectivity index (χ0n) is 16.3. The highest BCUT2D eigenvalue weighted by molar-refractivity contribution is 7.15.